The summed E-state index contributed by atoms with van der Waals surface area (Å²) in [5, 5.41) is 14.4. The fourth-order valence-corrected chi connectivity index (χ4v) is 4.61. The maximum atomic E-state index is 13.4. The number of fused-ring (bicyclic) bond motifs is 2. The fraction of sp³-hybridized carbons (Fsp3) is 0.0714. The van der Waals surface area contributed by atoms with E-state index in [1.165, 1.54) is 0 Å². The number of imidazole rings is 1. The molecular formula is C28H20N6O2. The van der Waals surface area contributed by atoms with Gasteiger partial charge in [-0.3, -0.25) is 9.59 Å². The van der Waals surface area contributed by atoms with E-state index in [9.17, 15) is 9.59 Å². The maximum absolute atomic E-state index is 13.4. The SMILES string of the molecule is C/C=C/c1nc2c(n1Cc1ccc(-c3ccccc3-c3nn[nH]n3)cc1)C(=O)c1ccccc1C2=O. The monoisotopic (exact) mass is 472 g/mol. The van der Waals surface area contributed by atoms with Crippen LogP contribution in [-0.2, 0) is 6.54 Å². The number of allylic oxidation sites excluding steroid dienone is 1. The number of benzene rings is 3. The third-order valence-corrected chi connectivity index (χ3v) is 6.28. The second-order valence-electron chi connectivity index (χ2n) is 8.44. The fourth-order valence-electron chi connectivity index (χ4n) is 4.61. The van der Waals surface area contributed by atoms with Gasteiger partial charge in [0.25, 0.3) is 0 Å². The highest BCUT2D eigenvalue weighted by molar-refractivity contribution is 6.27. The summed E-state index contributed by atoms with van der Waals surface area (Å²) < 4.78 is 1.83. The molecule has 8 heteroatoms. The van der Waals surface area contributed by atoms with Gasteiger partial charge in [0.2, 0.25) is 17.4 Å². The first kappa shape index (κ1) is 21.5. The first-order valence-electron chi connectivity index (χ1n) is 11.5. The van der Waals surface area contributed by atoms with Gasteiger partial charge >= 0.3 is 0 Å². The summed E-state index contributed by atoms with van der Waals surface area (Å²) in [7, 11) is 0. The zero-order chi connectivity index (χ0) is 24.6. The number of hydrogen-bond donors (Lipinski definition) is 1. The molecule has 6 rings (SSSR count). The summed E-state index contributed by atoms with van der Waals surface area (Å²) >= 11 is 0. The molecule has 0 aliphatic heterocycles. The first-order valence-corrected chi connectivity index (χ1v) is 11.5. The van der Waals surface area contributed by atoms with Crippen LogP contribution in [0.3, 0.4) is 0 Å². The van der Waals surface area contributed by atoms with E-state index in [4.69, 9.17) is 0 Å². The molecule has 0 atom stereocenters. The average molecular weight is 473 g/mol. The number of hydrogen-bond acceptors (Lipinski definition) is 6. The molecule has 2 heterocycles. The number of ketones is 2. The van der Waals surface area contributed by atoms with Crippen molar-refractivity contribution in [3.63, 3.8) is 0 Å². The Morgan fingerprint density at radius 1 is 0.833 bits per heavy atom. The largest absolute Gasteiger partial charge is 0.317 e. The van der Waals surface area contributed by atoms with Gasteiger partial charge < -0.3 is 4.57 Å². The van der Waals surface area contributed by atoms with Crippen LogP contribution in [0.1, 0.15) is 50.4 Å². The van der Waals surface area contributed by atoms with E-state index in [0.717, 1.165) is 22.3 Å². The topological polar surface area (TPSA) is 106 Å². The smallest absolute Gasteiger partial charge is 0.214 e. The molecule has 0 fully saturated rings. The number of aromatic nitrogens is 6. The Kier molecular flexibility index (Phi) is 5.19. The Balaban J connectivity index is 1.38. The molecule has 0 radical (unpaired) electrons. The van der Waals surface area contributed by atoms with E-state index in [0.29, 0.717) is 35.0 Å². The molecule has 0 bridgehead atoms. The van der Waals surface area contributed by atoms with Gasteiger partial charge in [-0.1, -0.05) is 78.9 Å². The summed E-state index contributed by atoms with van der Waals surface area (Å²) in [5.74, 6) is 0.690. The van der Waals surface area contributed by atoms with Gasteiger partial charge in [0.1, 0.15) is 17.2 Å². The van der Waals surface area contributed by atoms with Crippen LogP contribution in [0.25, 0.3) is 28.6 Å². The van der Waals surface area contributed by atoms with E-state index in [2.05, 4.69) is 25.6 Å². The van der Waals surface area contributed by atoms with Crippen LogP contribution in [0, 0.1) is 0 Å². The Hall–Kier alpha value is -4.98. The van der Waals surface area contributed by atoms with Crippen molar-refractivity contribution in [2.45, 2.75) is 13.5 Å². The third-order valence-electron chi connectivity index (χ3n) is 6.28. The van der Waals surface area contributed by atoms with Crippen molar-refractivity contribution in [3.8, 4) is 22.5 Å². The zero-order valence-corrected chi connectivity index (χ0v) is 19.3. The Labute approximate surface area is 206 Å². The highest BCUT2D eigenvalue weighted by atomic mass is 16.1. The van der Waals surface area contributed by atoms with E-state index in [1.54, 1.807) is 24.3 Å². The van der Waals surface area contributed by atoms with Gasteiger partial charge in [-0.15, -0.1) is 10.2 Å². The van der Waals surface area contributed by atoms with Crippen LogP contribution in [0.2, 0.25) is 0 Å². The van der Waals surface area contributed by atoms with Crippen LogP contribution in [0.5, 0.6) is 0 Å². The highest BCUT2D eigenvalue weighted by Crippen LogP contribution is 2.31. The van der Waals surface area contributed by atoms with Gasteiger partial charge in [-0.05, 0) is 34.9 Å². The number of tetrazole rings is 1. The van der Waals surface area contributed by atoms with Crippen LogP contribution in [0.15, 0.2) is 78.9 Å². The third kappa shape index (κ3) is 3.47. The molecule has 36 heavy (non-hydrogen) atoms. The summed E-state index contributed by atoms with van der Waals surface area (Å²) in [5.41, 5.74) is 5.18. The van der Waals surface area contributed by atoms with Crippen molar-refractivity contribution >= 4 is 17.6 Å². The van der Waals surface area contributed by atoms with Gasteiger partial charge in [-0.25, -0.2) is 4.98 Å². The normalized spacial score (nSPS) is 12.7. The zero-order valence-electron chi connectivity index (χ0n) is 19.3. The molecule has 1 aliphatic rings. The number of aromatic amines is 1. The maximum Gasteiger partial charge on any atom is 0.214 e. The molecule has 0 unspecified atom stereocenters. The van der Waals surface area contributed by atoms with Crippen LogP contribution < -0.4 is 0 Å². The summed E-state index contributed by atoms with van der Waals surface area (Å²) in [6.07, 6.45) is 3.67. The Morgan fingerprint density at radius 3 is 2.17 bits per heavy atom. The lowest BCUT2D eigenvalue weighted by Crippen LogP contribution is -2.23. The molecule has 0 saturated carbocycles. The summed E-state index contributed by atoms with van der Waals surface area (Å²) in [6, 6.07) is 22.8. The molecule has 2 aromatic heterocycles. The lowest BCUT2D eigenvalue weighted by Gasteiger charge is -2.16. The minimum Gasteiger partial charge on any atom is -0.317 e. The number of nitrogens with zero attached hydrogens (tertiary/aromatic N) is 5. The standard InChI is InChI=1S/C28H20N6O2/c1-2-7-23-29-24-25(27(36)21-10-5-4-9-20(21)26(24)35)34(23)16-17-12-14-18(15-13-17)19-8-3-6-11-22(19)28-30-32-33-31-28/h2-15H,16H2,1H3,(H,30,31,32,33)/b7-2+. The van der Waals surface area contributed by atoms with Gasteiger partial charge in [0, 0.05) is 23.2 Å². The molecular weight excluding hydrogens is 452 g/mol. The molecule has 1 aliphatic carbocycles. The molecule has 3 aromatic carbocycles. The van der Waals surface area contributed by atoms with E-state index >= 15 is 0 Å². The van der Waals surface area contributed by atoms with E-state index in [-0.39, 0.29) is 17.3 Å². The first-order chi connectivity index (χ1) is 17.7. The predicted molar refractivity (Wildman–Crippen MR) is 134 cm³/mol. The predicted octanol–water partition coefficient (Wildman–Crippen LogP) is 4.59. The highest BCUT2D eigenvalue weighted by Gasteiger charge is 2.35. The molecule has 0 amide bonds. The molecule has 5 aromatic rings. The Morgan fingerprint density at radius 2 is 1.50 bits per heavy atom. The lowest BCUT2D eigenvalue weighted by molar-refractivity contribution is 0.0971. The molecule has 0 spiro atoms. The molecule has 0 saturated heterocycles. The molecule has 8 nitrogen and oxygen atoms in total. The van der Waals surface area contributed by atoms with Crippen LogP contribution >= 0.6 is 0 Å². The molecule has 1 N–H and O–H groups in total. The number of rotatable bonds is 5. The minimum atomic E-state index is -0.224. The number of nitrogens with one attached hydrogen (secondary N) is 1. The van der Waals surface area contributed by atoms with Gasteiger partial charge in [-0.2, -0.15) is 5.21 Å². The Bertz CT molecular complexity index is 1650. The van der Waals surface area contributed by atoms with Gasteiger partial charge in [0.15, 0.2) is 0 Å². The van der Waals surface area contributed by atoms with E-state index < -0.39 is 0 Å². The quantitative estimate of drug-likeness (QED) is 0.393. The van der Waals surface area contributed by atoms with Crippen LogP contribution in [0.4, 0.5) is 0 Å². The van der Waals surface area contributed by atoms with Crippen molar-refractivity contribution in [1.82, 2.24) is 30.2 Å². The minimum absolute atomic E-state index is 0.186. The van der Waals surface area contributed by atoms with Crippen molar-refractivity contribution in [2.24, 2.45) is 0 Å². The molecule has 174 valence electrons. The lowest BCUT2D eigenvalue weighted by atomic mass is 9.90. The second kappa shape index (κ2) is 8.66. The van der Waals surface area contributed by atoms with Crippen molar-refractivity contribution < 1.29 is 9.59 Å². The number of carbonyl (C=O) groups is 2. The number of carbonyl (C=O) groups excluding carboxylic acids is 2. The second-order valence-corrected chi connectivity index (χ2v) is 8.44. The van der Waals surface area contributed by atoms with E-state index in [1.807, 2.05) is 72.2 Å². The number of H-pyrrole nitrogens is 1. The van der Waals surface area contributed by atoms with Crippen molar-refractivity contribution in [3.05, 3.63) is 113 Å². The van der Waals surface area contributed by atoms with Crippen molar-refractivity contribution in [1.29, 1.82) is 0 Å². The average Bonchev–Trinajstić information content (AvgIpc) is 3.57. The van der Waals surface area contributed by atoms with Gasteiger partial charge in [0.05, 0.1) is 0 Å². The van der Waals surface area contributed by atoms with Crippen molar-refractivity contribution in [2.75, 3.05) is 0 Å². The summed E-state index contributed by atoms with van der Waals surface area (Å²) in [4.78, 5) is 31.1. The summed E-state index contributed by atoms with van der Waals surface area (Å²) in [6.45, 7) is 2.28. The van der Waals surface area contributed by atoms with Crippen LogP contribution in [-0.4, -0.2) is 41.7 Å².